The van der Waals surface area contributed by atoms with Crippen molar-refractivity contribution in [3.05, 3.63) is 17.8 Å². The number of piperidine rings is 1. The van der Waals surface area contributed by atoms with Gasteiger partial charge in [0.1, 0.15) is 0 Å². The first-order valence-electron chi connectivity index (χ1n) is 5.59. The highest BCUT2D eigenvalue weighted by molar-refractivity contribution is 5.90. The molecule has 1 aromatic rings. The fraction of sp³-hybridized carbons (Fsp3) is 0.545. The summed E-state index contributed by atoms with van der Waals surface area (Å²) < 4.78 is 0. The molecule has 0 unspecified atom stereocenters. The van der Waals surface area contributed by atoms with E-state index in [4.69, 9.17) is 5.73 Å². The number of primary amides is 1. The van der Waals surface area contributed by atoms with Gasteiger partial charge in [0.15, 0.2) is 11.5 Å². The number of carbonyl (C=O) groups excluding carboxylic acids is 1. The molecule has 3 N–H and O–H groups in total. The molecule has 1 fully saturated rings. The van der Waals surface area contributed by atoms with Crippen LogP contribution in [0.4, 0.5) is 5.82 Å². The Balaban J connectivity index is 2.06. The average molecular weight is 236 g/mol. The fourth-order valence-corrected chi connectivity index (χ4v) is 1.84. The number of anilines is 1. The van der Waals surface area contributed by atoms with Crippen LogP contribution in [0.5, 0.6) is 0 Å². The van der Waals surface area contributed by atoms with Crippen molar-refractivity contribution < 1.29 is 9.90 Å². The summed E-state index contributed by atoms with van der Waals surface area (Å²) in [5, 5.41) is 17.6. The SMILES string of the molecule is CC1(O)CCN(c2ccc(C(N)=O)nn2)CC1. The van der Waals surface area contributed by atoms with E-state index in [1.807, 2.05) is 11.8 Å². The van der Waals surface area contributed by atoms with E-state index >= 15 is 0 Å². The average Bonchev–Trinajstić information content (AvgIpc) is 2.29. The van der Waals surface area contributed by atoms with Gasteiger partial charge >= 0.3 is 0 Å². The van der Waals surface area contributed by atoms with E-state index in [1.54, 1.807) is 12.1 Å². The maximum absolute atomic E-state index is 10.8. The van der Waals surface area contributed by atoms with Gasteiger partial charge in [0.2, 0.25) is 0 Å². The van der Waals surface area contributed by atoms with Crippen LogP contribution in [-0.2, 0) is 0 Å². The van der Waals surface area contributed by atoms with Crippen LogP contribution in [0.3, 0.4) is 0 Å². The van der Waals surface area contributed by atoms with Crippen LogP contribution in [0.15, 0.2) is 12.1 Å². The van der Waals surface area contributed by atoms with Gasteiger partial charge in [-0.2, -0.15) is 0 Å². The molecule has 0 bridgehead atoms. The summed E-state index contributed by atoms with van der Waals surface area (Å²) in [6.07, 6.45) is 1.40. The number of rotatable bonds is 2. The minimum atomic E-state index is -0.586. The van der Waals surface area contributed by atoms with E-state index in [0.29, 0.717) is 18.7 Å². The van der Waals surface area contributed by atoms with Gasteiger partial charge in [-0.15, -0.1) is 10.2 Å². The van der Waals surface area contributed by atoms with Crippen LogP contribution in [0.1, 0.15) is 30.3 Å². The summed E-state index contributed by atoms with van der Waals surface area (Å²) in [4.78, 5) is 12.9. The Labute approximate surface area is 99.4 Å². The minimum Gasteiger partial charge on any atom is -0.390 e. The second kappa shape index (κ2) is 4.29. The van der Waals surface area contributed by atoms with E-state index in [2.05, 4.69) is 10.2 Å². The van der Waals surface area contributed by atoms with Crippen molar-refractivity contribution in [3.8, 4) is 0 Å². The molecule has 0 spiro atoms. The first-order chi connectivity index (χ1) is 7.98. The van der Waals surface area contributed by atoms with Gasteiger partial charge < -0.3 is 15.7 Å². The van der Waals surface area contributed by atoms with Gasteiger partial charge in [0, 0.05) is 13.1 Å². The number of nitrogens with zero attached hydrogens (tertiary/aromatic N) is 3. The van der Waals surface area contributed by atoms with Crippen molar-refractivity contribution in [2.45, 2.75) is 25.4 Å². The van der Waals surface area contributed by atoms with Crippen LogP contribution >= 0.6 is 0 Å². The van der Waals surface area contributed by atoms with Gasteiger partial charge in [0.25, 0.3) is 5.91 Å². The maximum Gasteiger partial charge on any atom is 0.269 e. The normalized spacial score (nSPS) is 19.1. The fourth-order valence-electron chi connectivity index (χ4n) is 1.84. The van der Waals surface area contributed by atoms with Crippen LogP contribution < -0.4 is 10.6 Å². The molecule has 1 amide bonds. The van der Waals surface area contributed by atoms with Crippen molar-refractivity contribution >= 4 is 11.7 Å². The van der Waals surface area contributed by atoms with Gasteiger partial charge in [0.05, 0.1) is 5.60 Å². The molecule has 1 aliphatic rings. The molecule has 1 aliphatic heterocycles. The summed E-state index contributed by atoms with van der Waals surface area (Å²) in [5.74, 6) is 0.135. The van der Waals surface area contributed by atoms with E-state index in [1.165, 1.54) is 0 Å². The lowest BCUT2D eigenvalue weighted by Crippen LogP contribution is -2.42. The summed E-state index contributed by atoms with van der Waals surface area (Å²) in [7, 11) is 0. The van der Waals surface area contributed by atoms with Gasteiger partial charge in [-0.1, -0.05) is 0 Å². The second-order valence-electron chi connectivity index (χ2n) is 4.63. The zero-order valence-electron chi connectivity index (χ0n) is 9.76. The quantitative estimate of drug-likeness (QED) is 0.749. The standard InChI is InChI=1S/C11H16N4O2/c1-11(17)4-6-15(7-5-11)9-3-2-8(10(12)16)13-14-9/h2-3,17H,4-7H2,1H3,(H2,12,16). The molecule has 0 atom stereocenters. The van der Waals surface area contributed by atoms with E-state index < -0.39 is 11.5 Å². The van der Waals surface area contributed by atoms with E-state index in [-0.39, 0.29) is 5.69 Å². The number of amides is 1. The zero-order chi connectivity index (χ0) is 12.5. The Morgan fingerprint density at radius 3 is 2.53 bits per heavy atom. The van der Waals surface area contributed by atoms with Crippen molar-refractivity contribution in [1.82, 2.24) is 10.2 Å². The Bertz CT molecular complexity index is 406. The summed E-state index contributed by atoms with van der Waals surface area (Å²) >= 11 is 0. The van der Waals surface area contributed by atoms with Gasteiger partial charge in [-0.3, -0.25) is 4.79 Å². The Kier molecular flexibility index (Phi) is 2.97. The van der Waals surface area contributed by atoms with E-state index in [0.717, 1.165) is 13.1 Å². The van der Waals surface area contributed by atoms with Crippen molar-refractivity contribution in [2.75, 3.05) is 18.0 Å². The zero-order valence-corrected chi connectivity index (χ0v) is 9.76. The summed E-state index contributed by atoms with van der Waals surface area (Å²) in [5.41, 5.74) is 4.67. The van der Waals surface area contributed by atoms with Crippen LogP contribution in [0.2, 0.25) is 0 Å². The lowest BCUT2D eigenvalue weighted by Gasteiger charge is -2.36. The van der Waals surface area contributed by atoms with Crippen LogP contribution in [0, 0.1) is 0 Å². The minimum absolute atomic E-state index is 0.165. The Morgan fingerprint density at radius 1 is 1.41 bits per heavy atom. The van der Waals surface area contributed by atoms with E-state index in [9.17, 15) is 9.90 Å². The first kappa shape index (κ1) is 11.8. The highest BCUT2D eigenvalue weighted by Gasteiger charge is 2.27. The molecular weight excluding hydrogens is 220 g/mol. The van der Waals surface area contributed by atoms with Gasteiger partial charge in [-0.05, 0) is 31.9 Å². The Hall–Kier alpha value is -1.69. The molecule has 6 nitrogen and oxygen atoms in total. The third-order valence-corrected chi connectivity index (χ3v) is 3.07. The summed E-state index contributed by atoms with van der Waals surface area (Å²) in [6, 6.07) is 3.30. The first-order valence-corrected chi connectivity index (χ1v) is 5.59. The highest BCUT2D eigenvalue weighted by atomic mass is 16.3. The molecule has 2 rings (SSSR count). The van der Waals surface area contributed by atoms with Gasteiger partial charge in [-0.25, -0.2) is 0 Å². The molecule has 1 saturated heterocycles. The maximum atomic E-state index is 10.8. The monoisotopic (exact) mass is 236 g/mol. The molecule has 17 heavy (non-hydrogen) atoms. The summed E-state index contributed by atoms with van der Waals surface area (Å²) in [6.45, 7) is 3.31. The third kappa shape index (κ3) is 2.71. The molecule has 6 heteroatoms. The number of nitrogens with two attached hydrogens (primary N) is 1. The predicted molar refractivity (Wildman–Crippen MR) is 62.6 cm³/mol. The molecule has 92 valence electrons. The smallest absolute Gasteiger partial charge is 0.269 e. The lowest BCUT2D eigenvalue weighted by atomic mass is 9.94. The molecule has 0 saturated carbocycles. The molecule has 1 aromatic heterocycles. The van der Waals surface area contributed by atoms with Crippen molar-refractivity contribution in [3.63, 3.8) is 0 Å². The molecule has 2 heterocycles. The topological polar surface area (TPSA) is 92.3 Å². The lowest BCUT2D eigenvalue weighted by molar-refractivity contribution is 0.0350. The number of aliphatic hydroxyl groups is 1. The highest BCUT2D eigenvalue weighted by Crippen LogP contribution is 2.24. The number of aromatic nitrogens is 2. The number of carbonyl (C=O) groups is 1. The van der Waals surface area contributed by atoms with Crippen molar-refractivity contribution in [2.24, 2.45) is 5.73 Å². The van der Waals surface area contributed by atoms with Crippen LogP contribution in [0.25, 0.3) is 0 Å². The Morgan fingerprint density at radius 2 is 2.06 bits per heavy atom. The third-order valence-electron chi connectivity index (χ3n) is 3.07. The van der Waals surface area contributed by atoms with Crippen molar-refractivity contribution in [1.29, 1.82) is 0 Å². The molecule has 0 aromatic carbocycles. The number of hydrogen-bond donors (Lipinski definition) is 2. The largest absolute Gasteiger partial charge is 0.390 e. The molecular formula is C11H16N4O2. The number of hydrogen-bond acceptors (Lipinski definition) is 5. The predicted octanol–water partition coefficient (Wildman–Crippen LogP) is -0.0733. The molecule has 0 radical (unpaired) electrons. The van der Waals surface area contributed by atoms with Crippen LogP contribution in [-0.4, -0.2) is 39.9 Å². The molecule has 0 aliphatic carbocycles. The second-order valence-corrected chi connectivity index (χ2v) is 4.63.